The van der Waals surface area contributed by atoms with Crippen LogP contribution in [-0.4, -0.2) is 49.8 Å². The minimum absolute atomic E-state index is 0.00972. The molecule has 9 heteroatoms. The van der Waals surface area contributed by atoms with E-state index in [1.54, 1.807) is 0 Å². The molecule has 7 N–H and O–H groups in total. The summed E-state index contributed by atoms with van der Waals surface area (Å²) >= 11 is 0. The second-order valence-electron chi connectivity index (χ2n) is 4.27. The monoisotopic (exact) mass is 272 g/mol. The van der Waals surface area contributed by atoms with Crippen molar-refractivity contribution in [3.8, 4) is 0 Å². The molecule has 1 aromatic heterocycles. The summed E-state index contributed by atoms with van der Waals surface area (Å²) in [4.78, 5) is 15.3. The minimum Gasteiger partial charge on any atom is -0.394 e. The van der Waals surface area contributed by atoms with Crippen molar-refractivity contribution < 1.29 is 20.1 Å². The van der Waals surface area contributed by atoms with Crippen molar-refractivity contribution in [2.24, 2.45) is 5.73 Å². The van der Waals surface area contributed by atoms with Crippen LogP contribution >= 0.6 is 0 Å². The predicted octanol–water partition coefficient (Wildman–Crippen LogP) is -3.10. The van der Waals surface area contributed by atoms with E-state index in [0.717, 1.165) is 4.57 Å². The lowest BCUT2D eigenvalue weighted by Gasteiger charge is -2.18. The third kappa shape index (κ3) is 2.33. The highest BCUT2D eigenvalue weighted by Crippen LogP contribution is 2.28. The first-order chi connectivity index (χ1) is 8.99. The normalized spacial score (nSPS) is 30.7. The zero-order valence-electron chi connectivity index (χ0n) is 10.0. The van der Waals surface area contributed by atoms with Gasteiger partial charge in [-0.3, -0.25) is 4.57 Å². The quantitative estimate of drug-likeness (QED) is 0.387. The highest BCUT2D eigenvalue weighted by atomic mass is 16.6. The molecule has 9 nitrogen and oxygen atoms in total. The summed E-state index contributed by atoms with van der Waals surface area (Å²) in [5, 5.41) is 28.5. The Balaban J connectivity index is 2.40. The zero-order chi connectivity index (χ0) is 14.2. The molecule has 0 aromatic carbocycles. The van der Waals surface area contributed by atoms with Crippen LogP contribution in [0, 0.1) is 0 Å². The van der Waals surface area contributed by atoms with E-state index in [0.29, 0.717) is 5.56 Å². The fourth-order valence-corrected chi connectivity index (χ4v) is 1.97. The van der Waals surface area contributed by atoms with Gasteiger partial charge in [-0.15, -0.1) is 0 Å². The van der Waals surface area contributed by atoms with Crippen LogP contribution in [0.1, 0.15) is 11.8 Å². The van der Waals surface area contributed by atoms with Gasteiger partial charge in [0.05, 0.1) is 6.61 Å². The van der Waals surface area contributed by atoms with E-state index in [1.165, 1.54) is 6.20 Å². The summed E-state index contributed by atoms with van der Waals surface area (Å²) in [6.07, 6.45) is -3.43. The molecule has 1 aliphatic rings. The highest BCUT2D eigenvalue weighted by Gasteiger charge is 2.43. The topological polar surface area (TPSA) is 157 Å². The molecule has 1 aromatic rings. The van der Waals surface area contributed by atoms with Crippen molar-refractivity contribution in [3.63, 3.8) is 0 Å². The van der Waals surface area contributed by atoms with Crippen molar-refractivity contribution in [3.05, 3.63) is 22.2 Å². The molecular weight excluding hydrogens is 256 g/mol. The van der Waals surface area contributed by atoms with Gasteiger partial charge in [-0.2, -0.15) is 4.98 Å². The average Bonchev–Trinajstić information content (AvgIpc) is 2.67. The summed E-state index contributed by atoms with van der Waals surface area (Å²) in [6.45, 7) is -0.413. The summed E-state index contributed by atoms with van der Waals surface area (Å²) in [6, 6.07) is 0. The molecule has 0 spiro atoms. The Morgan fingerprint density at radius 2 is 2.11 bits per heavy atom. The lowest BCUT2D eigenvalue weighted by molar-refractivity contribution is -0.0550. The molecule has 0 bridgehead atoms. The van der Waals surface area contributed by atoms with Crippen LogP contribution in [0.25, 0.3) is 0 Å². The van der Waals surface area contributed by atoms with Crippen molar-refractivity contribution in [2.45, 2.75) is 31.1 Å². The minimum atomic E-state index is -1.36. The van der Waals surface area contributed by atoms with Crippen molar-refractivity contribution in [1.82, 2.24) is 9.55 Å². The smallest absolute Gasteiger partial charge is 0.351 e. The first-order valence-corrected chi connectivity index (χ1v) is 5.69. The van der Waals surface area contributed by atoms with Gasteiger partial charge in [0.1, 0.15) is 24.1 Å². The highest BCUT2D eigenvalue weighted by molar-refractivity contribution is 5.36. The predicted molar refractivity (Wildman–Crippen MR) is 63.8 cm³/mol. The van der Waals surface area contributed by atoms with Gasteiger partial charge in [0.15, 0.2) is 6.23 Å². The fourth-order valence-electron chi connectivity index (χ4n) is 1.97. The number of ether oxygens (including phenoxy) is 1. The molecule has 0 amide bonds. The van der Waals surface area contributed by atoms with Crippen LogP contribution in [0.4, 0.5) is 5.82 Å². The largest absolute Gasteiger partial charge is 0.394 e. The van der Waals surface area contributed by atoms with E-state index < -0.39 is 36.8 Å². The van der Waals surface area contributed by atoms with Crippen LogP contribution in [0.15, 0.2) is 11.0 Å². The van der Waals surface area contributed by atoms with Crippen molar-refractivity contribution in [1.29, 1.82) is 0 Å². The Labute approximate surface area is 108 Å². The Kier molecular flexibility index (Phi) is 3.83. The maximum atomic E-state index is 11.7. The number of anilines is 1. The fraction of sp³-hybridized carbons (Fsp3) is 0.600. The van der Waals surface area contributed by atoms with Gasteiger partial charge in [0, 0.05) is 18.3 Å². The summed E-state index contributed by atoms with van der Waals surface area (Å²) in [7, 11) is 0. The van der Waals surface area contributed by atoms with E-state index in [-0.39, 0.29) is 12.4 Å². The number of nitrogen functional groups attached to an aromatic ring is 1. The summed E-state index contributed by atoms with van der Waals surface area (Å²) in [5.74, 6) is 0.00972. The summed E-state index contributed by atoms with van der Waals surface area (Å²) in [5.41, 5.74) is 10.7. The van der Waals surface area contributed by atoms with Gasteiger partial charge in [-0.25, -0.2) is 4.79 Å². The maximum Gasteiger partial charge on any atom is 0.351 e. The second kappa shape index (κ2) is 5.23. The number of rotatable bonds is 3. The van der Waals surface area contributed by atoms with Crippen molar-refractivity contribution in [2.75, 3.05) is 12.3 Å². The van der Waals surface area contributed by atoms with Gasteiger partial charge >= 0.3 is 5.69 Å². The zero-order valence-corrected chi connectivity index (χ0v) is 10.0. The SMILES string of the molecule is NCc1cn([C@@H]2O[C@H](CO)C(O)[C@@H]2O)c(=O)nc1N. The van der Waals surface area contributed by atoms with Gasteiger partial charge in [0.25, 0.3) is 0 Å². The molecule has 2 heterocycles. The molecule has 0 radical (unpaired) electrons. The Bertz CT molecular complexity index is 519. The van der Waals surface area contributed by atoms with Crippen LogP contribution in [0.5, 0.6) is 0 Å². The Morgan fingerprint density at radius 1 is 1.42 bits per heavy atom. The van der Waals surface area contributed by atoms with Crippen LogP contribution < -0.4 is 17.2 Å². The first kappa shape index (κ1) is 13.9. The van der Waals surface area contributed by atoms with Crippen molar-refractivity contribution >= 4 is 5.82 Å². The number of aromatic nitrogens is 2. The molecule has 0 saturated carbocycles. The molecule has 106 valence electrons. The van der Waals surface area contributed by atoms with Crippen LogP contribution in [0.3, 0.4) is 0 Å². The van der Waals surface area contributed by atoms with Crippen LogP contribution in [0.2, 0.25) is 0 Å². The molecule has 0 aliphatic carbocycles. The molecule has 4 atom stereocenters. The number of aliphatic hydroxyl groups excluding tert-OH is 3. The molecule has 1 fully saturated rings. The van der Waals surface area contributed by atoms with Gasteiger partial charge < -0.3 is 31.5 Å². The molecular formula is C10H16N4O5. The average molecular weight is 272 g/mol. The lowest BCUT2D eigenvalue weighted by Crippen LogP contribution is -2.36. The van der Waals surface area contributed by atoms with Gasteiger partial charge in [-0.05, 0) is 0 Å². The number of nitrogens with zero attached hydrogens (tertiary/aromatic N) is 2. The van der Waals surface area contributed by atoms with E-state index >= 15 is 0 Å². The number of hydrogen-bond donors (Lipinski definition) is 5. The maximum absolute atomic E-state index is 11.7. The number of nitrogens with two attached hydrogens (primary N) is 2. The number of aliphatic hydroxyl groups is 3. The van der Waals surface area contributed by atoms with Gasteiger partial charge in [-0.1, -0.05) is 0 Å². The van der Waals surface area contributed by atoms with Gasteiger partial charge in [0.2, 0.25) is 0 Å². The van der Waals surface area contributed by atoms with E-state index in [4.69, 9.17) is 21.3 Å². The second-order valence-corrected chi connectivity index (χ2v) is 4.27. The lowest BCUT2D eigenvalue weighted by atomic mass is 10.1. The Hall–Kier alpha value is -1.52. The molecule has 19 heavy (non-hydrogen) atoms. The standard InChI is InChI=1S/C10H16N4O5/c11-1-4-2-14(10(18)13-8(4)12)9-7(17)6(16)5(3-15)19-9/h2,5-7,9,15-17H,1,3,11H2,(H2,12,13,18)/t5-,6?,7+,9-/m1/s1. The molecule has 1 unspecified atom stereocenters. The summed E-state index contributed by atoms with van der Waals surface area (Å²) < 4.78 is 6.23. The van der Waals surface area contributed by atoms with E-state index in [9.17, 15) is 15.0 Å². The molecule has 1 aliphatic heterocycles. The first-order valence-electron chi connectivity index (χ1n) is 5.69. The van der Waals surface area contributed by atoms with Crippen LogP contribution in [-0.2, 0) is 11.3 Å². The Morgan fingerprint density at radius 3 is 2.63 bits per heavy atom. The third-order valence-electron chi connectivity index (χ3n) is 3.07. The third-order valence-corrected chi connectivity index (χ3v) is 3.07. The molecule has 2 rings (SSSR count). The number of hydrogen-bond acceptors (Lipinski definition) is 8. The molecule has 1 saturated heterocycles. The van der Waals surface area contributed by atoms with E-state index in [1.807, 2.05) is 0 Å². The van der Waals surface area contributed by atoms with E-state index in [2.05, 4.69) is 4.98 Å².